The number of likely N-dealkylation sites (tertiary alicyclic amines) is 1. The lowest BCUT2D eigenvalue weighted by Gasteiger charge is -2.37. The van der Waals surface area contributed by atoms with Crippen LogP contribution in [-0.4, -0.2) is 68.0 Å². The predicted octanol–water partition coefficient (Wildman–Crippen LogP) is 1.08. The molecule has 0 unspecified atom stereocenters. The van der Waals surface area contributed by atoms with E-state index >= 15 is 0 Å². The smallest absolute Gasteiger partial charge is 0.323 e. The van der Waals surface area contributed by atoms with Crippen LogP contribution < -0.4 is 0 Å². The lowest BCUT2D eigenvalue weighted by Crippen LogP contribution is -2.52. The number of piperidine rings is 1. The zero-order chi connectivity index (χ0) is 21.6. The number of halogens is 1. The van der Waals surface area contributed by atoms with E-state index in [4.69, 9.17) is 14.7 Å². The first-order chi connectivity index (χ1) is 13.8. The van der Waals surface area contributed by atoms with Gasteiger partial charge in [-0.3, -0.25) is 19.3 Å². The summed E-state index contributed by atoms with van der Waals surface area (Å²) in [4.78, 5) is 39.6. The molecule has 0 N–H and O–H groups in total. The van der Waals surface area contributed by atoms with Gasteiger partial charge in [-0.2, -0.15) is 5.26 Å². The number of nitrogens with zero attached hydrogens (tertiary/aromatic N) is 3. The average Bonchev–Trinajstić information content (AvgIpc) is 2.74. The second-order valence-corrected chi connectivity index (χ2v) is 6.92. The van der Waals surface area contributed by atoms with Gasteiger partial charge >= 0.3 is 11.9 Å². The number of ether oxygens (including phenoxy) is 2. The Kier molecular flexibility index (Phi) is 7.67. The molecular weight excluding hydrogens is 381 g/mol. The minimum absolute atomic E-state index is 0.0122. The van der Waals surface area contributed by atoms with Crippen LogP contribution in [0.25, 0.3) is 0 Å². The number of methoxy groups -OCH3 is 2. The molecule has 1 fully saturated rings. The SMILES string of the molecule is COC(=O)[C@@H]1CCN(CC(=O)N(C)Cc2cc(C#N)ccc2F)[C@H](C(=O)OC)C1. The molecule has 1 aromatic carbocycles. The number of nitriles is 1. The largest absolute Gasteiger partial charge is 0.469 e. The summed E-state index contributed by atoms with van der Waals surface area (Å²) in [6, 6.07) is 5.16. The normalized spacial score (nSPS) is 19.1. The summed E-state index contributed by atoms with van der Waals surface area (Å²) in [6.07, 6.45) is 0.658. The third-order valence-electron chi connectivity index (χ3n) is 5.07. The summed E-state index contributed by atoms with van der Waals surface area (Å²) < 4.78 is 23.6. The summed E-state index contributed by atoms with van der Waals surface area (Å²) in [5, 5.41) is 8.96. The molecule has 29 heavy (non-hydrogen) atoms. The standard InChI is InChI=1S/C20H24FN3O5/c1-23(11-15-8-13(10-22)4-5-16(15)21)18(25)12-24-7-6-14(19(26)28-2)9-17(24)20(27)29-3/h4-5,8,14,17H,6-7,9,11-12H2,1-3H3/t14-,17+/m1/s1. The van der Waals surface area contributed by atoms with E-state index in [9.17, 15) is 18.8 Å². The highest BCUT2D eigenvalue weighted by molar-refractivity contribution is 5.81. The van der Waals surface area contributed by atoms with E-state index in [1.165, 1.54) is 44.4 Å². The van der Waals surface area contributed by atoms with Crippen molar-refractivity contribution in [2.45, 2.75) is 25.4 Å². The van der Waals surface area contributed by atoms with Crippen LogP contribution in [0.5, 0.6) is 0 Å². The number of likely N-dealkylation sites (N-methyl/N-ethyl adjacent to an activating group) is 1. The summed E-state index contributed by atoms with van der Waals surface area (Å²) in [6.45, 7) is 0.253. The molecule has 1 aliphatic rings. The van der Waals surface area contributed by atoms with Crippen LogP contribution in [-0.2, 0) is 30.4 Å². The fourth-order valence-electron chi connectivity index (χ4n) is 3.37. The molecule has 2 rings (SSSR count). The van der Waals surface area contributed by atoms with E-state index in [0.29, 0.717) is 18.5 Å². The number of benzene rings is 1. The molecule has 1 aliphatic heterocycles. The van der Waals surface area contributed by atoms with Gasteiger partial charge < -0.3 is 14.4 Å². The second kappa shape index (κ2) is 9.98. The first kappa shape index (κ1) is 22.3. The monoisotopic (exact) mass is 405 g/mol. The number of amides is 1. The Balaban J connectivity index is 2.06. The van der Waals surface area contributed by atoms with E-state index in [1.54, 1.807) is 4.90 Å². The number of carbonyl (C=O) groups excluding carboxylic acids is 3. The topological polar surface area (TPSA) is 99.9 Å². The van der Waals surface area contributed by atoms with Crippen LogP contribution in [0.3, 0.4) is 0 Å². The van der Waals surface area contributed by atoms with Gasteiger partial charge in [0, 0.05) is 25.7 Å². The van der Waals surface area contributed by atoms with Crippen molar-refractivity contribution in [3.63, 3.8) is 0 Å². The van der Waals surface area contributed by atoms with Crippen molar-refractivity contribution in [3.8, 4) is 6.07 Å². The molecule has 1 aromatic rings. The molecule has 1 saturated heterocycles. The van der Waals surface area contributed by atoms with Gasteiger partial charge in [0.25, 0.3) is 0 Å². The van der Waals surface area contributed by atoms with Gasteiger partial charge in [0.15, 0.2) is 0 Å². The molecule has 0 radical (unpaired) electrons. The van der Waals surface area contributed by atoms with Crippen molar-refractivity contribution in [3.05, 3.63) is 35.1 Å². The zero-order valence-electron chi connectivity index (χ0n) is 16.7. The number of rotatable bonds is 6. The molecule has 0 aliphatic carbocycles. The highest BCUT2D eigenvalue weighted by Gasteiger charge is 2.38. The summed E-state index contributed by atoms with van der Waals surface area (Å²) >= 11 is 0. The summed E-state index contributed by atoms with van der Waals surface area (Å²) in [5.74, 6) is -2.18. The number of esters is 2. The first-order valence-electron chi connectivity index (χ1n) is 9.12. The number of hydrogen-bond donors (Lipinski definition) is 0. The van der Waals surface area contributed by atoms with Crippen LogP contribution in [0.4, 0.5) is 4.39 Å². The highest BCUT2D eigenvalue weighted by Crippen LogP contribution is 2.25. The molecule has 1 heterocycles. The predicted molar refractivity (Wildman–Crippen MR) is 99.7 cm³/mol. The Bertz CT molecular complexity index is 823. The molecule has 0 spiro atoms. The van der Waals surface area contributed by atoms with Crippen molar-refractivity contribution < 1.29 is 28.2 Å². The van der Waals surface area contributed by atoms with E-state index in [0.717, 1.165) is 0 Å². The van der Waals surface area contributed by atoms with Crippen molar-refractivity contribution >= 4 is 17.8 Å². The fraction of sp³-hybridized carbons (Fsp3) is 0.500. The van der Waals surface area contributed by atoms with Crippen LogP contribution in [0, 0.1) is 23.1 Å². The fourth-order valence-corrected chi connectivity index (χ4v) is 3.37. The van der Waals surface area contributed by atoms with E-state index in [-0.39, 0.29) is 31.0 Å². The molecule has 1 amide bonds. The molecule has 156 valence electrons. The van der Waals surface area contributed by atoms with Gasteiger partial charge in [-0.1, -0.05) is 0 Å². The molecular formula is C20H24FN3O5. The van der Waals surface area contributed by atoms with Crippen LogP contribution >= 0.6 is 0 Å². The second-order valence-electron chi connectivity index (χ2n) is 6.92. The lowest BCUT2D eigenvalue weighted by molar-refractivity contribution is -0.155. The lowest BCUT2D eigenvalue weighted by atomic mass is 9.90. The molecule has 0 aromatic heterocycles. The van der Waals surface area contributed by atoms with Crippen molar-refractivity contribution in [2.24, 2.45) is 5.92 Å². The van der Waals surface area contributed by atoms with E-state index in [2.05, 4.69) is 0 Å². The van der Waals surface area contributed by atoms with Gasteiger partial charge in [-0.15, -0.1) is 0 Å². The van der Waals surface area contributed by atoms with Crippen molar-refractivity contribution in [1.82, 2.24) is 9.80 Å². The van der Waals surface area contributed by atoms with E-state index < -0.39 is 29.7 Å². The zero-order valence-corrected chi connectivity index (χ0v) is 16.7. The van der Waals surface area contributed by atoms with Gasteiger partial charge in [-0.25, -0.2) is 4.39 Å². The van der Waals surface area contributed by atoms with Crippen molar-refractivity contribution in [2.75, 3.05) is 34.4 Å². The molecule has 2 atom stereocenters. The van der Waals surface area contributed by atoms with Crippen LogP contribution in [0.2, 0.25) is 0 Å². The number of hydrogen-bond acceptors (Lipinski definition) is 7. The van der Waals surface area contributed by atoms with Crippen LogP contribution in [0.15, 0.2) is 18.2 Å². The maximum Gasteiger partial charge on any atom is 0.323 e. The third kappa shape index (κ3) is 5.51. The minimum Gasteiger partial charge on any atom is -0.469 e. The molecule has 0 bridgehead atoms. The maximum absolute atomic E-state index is 14.0. The van der Waals surface area contributed by atoms with Crippen LogP contribution in [0.1, 0.15) is 24.0 Å². The molecule has 9 heteroatoms. The van der Waals surface area contributed by atoms with Gasteiger partial charge in [0.05, 0.1) is 38.3 Å². The third-order valence-corrected chi connectivity index (χ3v) is 5.07. The Morgan fingerprint density at radius 3 is 2.59 bits per heavy atom. The van der Waals surface area contributed by atoms with Gasteiger partial charge in [0.2, 0.25) is 5.91 Å². The Morgan fingerprint density at radius 2 is 1.97 bits per heavy atom. The summed E-state index contributed by atoms with van der Waals surface area (Å²) in [5.41, 5.74) is 0.534. The van der Waals surface area contributed by atoms with Crippen molar-refractivity contribution in [1.29, 1.82) is 5.26 Å². The molecule has 0 saturated carbocycles. The average molecular weight is 405 g/mol. The minimum atomic E-state index is -0.742. The first-order valence-corrected chi connectivity index (χ1v) is 9.12. The van der Waals surface area contributed by atoms with Gasteiger partial charge in [-0.05, 0) is 31.0 Å². The highest BCUT2D eigenvalue weighted by atomic mass is 19.1. The summed E-state index contributed by atoms with van der Waals surface area (Å²) in [7, 11) is 4.07. The Hall–Kier alpha value is -2.99. The molecule has 8 nitrogen and oxygen atoms in total. The Labute approximate surface area is 168 Å². The number of carbonyl (C=O) groups is 3. The Morgan fingerprint density at radius 1 is 1.28 bits per heavy atom. The quantitative estimate of drug-likeness (QED) is 0.653. The van der Waals surface area contributed by atoms with Gasteiger partial charge in [0.1, 0.15) is 11.9 Å². The maximum atomic E-state index is 14.0. The van der Waals surface area contributed by atoms with E-state index in [1.807, 2.05) is 6.07 Å².